The van der Waals surface area contributed by atoms with Crippen LogP contribution in [0.2, 0.25) is 0 Å². The van der Waals surface area contributed by atoms with Crippen LogP contribution in [-0.4, -0.2) is 39.8 Å². The van der Waals surface area contributed by atoms with Gasteiger partial charge in [-0.2, -0.15) is 0 Å². The third-order valence-electron chi connectivity index (χ3n) is 4.63. The zero-order valence-electron chi connectivity index (χ0n) is 14.1. The Hall–Kier alpha value is -2.21. The number of hydrogen-bond acceptors (Lipinski definition) is 4. The molecule has 5 nitrogen and oxygen atoms in total. The first-order chi connectivity index (χ1) is 12.1. The molecule has 25 heavy (non-hydrogen) atoms. The fourth-order valence-electron chi connectivity index (χ4n) is 3.21. The average Bonchev–Trinajstić information content (AvgIpc) is 3.06. The van der Waals surface area contributed by atoms with Crippen molar-refractivity contribution in [2.75, 3.05) is 6.61 Å². The van der Waals surface area contributed by atoms with E-state index in [1.807, 2.05) is 48.5 Å². The van der Waals surface area contributed by atoms with E-state index in [2.05, 4.69) is 0 Å². The summed E-state index contributed by atoms with van der Waals surface area (Å²) in [5.41, 5.74) is 10.4. The molecule has 1 aliphatic rings. The number of aliphatic hydroxyl groups is 2. The summed E-state index contributed by atoms with van der Waals surface area (Å²) in [7, 11) is 0. The minimum atomic E-state index is -0.744. The zero-order chi connectivity index (χ0) is 17.8. The van der Waals surface area contributed by atoms with Gasteiger partial charge in [0.25, 0.3) is 0 Å². The van der Waals surface area contributed by atoms with Gasteiger partial charge in [0.2, 0.25) is 5.91 Å². The molecule has 0 aliphatic carbocycles. The van der Waals surface area contributed by atoms with Crippen LogP contribution >= 0.6 is 0 Å². The van der Waals surface area contributed by atoms with Crippen LogP contribution in [0.25, 0.3) is 0 Å². The van der Waals surface area contributed by atoms with Gasteiger partial charge in [-0.15, -0.1) is 0 Å². The summed E-state index contributed by atoms with van der Waals surface area (Å²) in [6.45, 7) is 1.00. The van der Waals surface area contributed by atoms with Gasteiger partial charge in [-0.1, -0.05) is 48.5 Å². The van der Waals surface area contributed by atoms with Crippen molar-refractivity contribution in [2.24, 2.45) is 5.73 Å². The molecule has 2 aromatic carbocycles. The van der Waals surface area contributed by atoms with Crippen molar-refractivity contribution in [3.63, 3.8) is 0 Å². The minimum absolute atomic E-state index is 0.0315. The summed E-state index contributed by atoms with van der Waals surface area (Å²) in [5, 5.41) is 18.4. The molecule has 0 aromatic heterocycles. The highest BCUT2D eigenvalue weighted by Gasteiger charge is 2.26. The fraction of sp³-hybridized carbons (Fsp3) is 0.350. The van der Waals surface area contributed by atoms with Crippen molar-refractivity contribution in [2.45, 2.75) is 38.1 Å². The average molecular weight is 340 g/mol. The second-order valence-corrected chi connectivity index (χ2v) is 6.63. The molecule has 0 saturated heterocycles. The van der Waals surface area contributed by atoms with Crippen molar-refractivity contribution >= 4 is 5.91 Å². The molecule has 2 atom stereocenters. The molecule has 1 unspecified atom stereocenters. The molecule has 1 aliphatic heterocycles. The van der Waals surface area contributed by atoms with E-state index in [1.165, 1.54) is 11.1 Å². The Morgan fingerprint density at radius 3 is 2.04 bits per heavy atom. The summed E-state index contributed by atoms with van der Waals surface area (Å²) in [6, 6.07) is 15.2. The largest absolute Gasteiger partial charge is 0.394 e. The van der Waals surface area contributed by atoms with Gasteiger partial charge in [0.15, 0.2) is 0 Å². The molecule has 0 bridgehead atoms. The Labute approximate surface area is 147 Å². The Morgan fingerprint density at radius 2 is 1.52 bits per heavy atom. The number of nitrogens with zero attached hydrogens (tertiary/aromatic N) is 1. The lowest BCUT2D eigenvalue weighted by molar-refractivity contribution is -0.133. The van der Waals surface area contributed by atoms with Gasteiger partial charge in [-0.3, -0.25) is 4.79 Å². The maximum atomic E-state index is 12.6. The van der Waals surface area contributed by atoms with Crippen molar-refractivity contribution in [1.29, 1.82) is 0 Å². The SMILES string of the molecule is N[C@H](Cc1ccc(CC(O)CO)cc1)C(=O)N1Cc2ccccc2C1. The van der Waals surface area contributed by atoms with Gasteiger partial charge >= 0.3 is 0 Å². The van der Waals surface area contributed by atoms with E-state index in [0.717, 1.165) is 11.1 Å². The van der Waals surface area contributed by atoms with Gasteiger partial charge in [0, 0.05) is 19.5 Å². The van der Waals surface area contributed by atoms with E-state index in [-0.39, 0.29) is 12.5 Å². The maximum absolute atomic E-state index is 12.6. The summed E-state index contributed by atoms with van der Waals surface area (Å²) in [6.07, 6.45) is 0.147. The Morgan fingerprint density at radius 1 is 1.00 bits per heavy atom. The molecule has 4 N–H and O–H groups in total. The number of fused-ring (bicyclic) bond motifs is 1. The smallest absolute Gasteiger partial charge is 0.240 e. The first kappa shape index (κ1) is 17.6. The number of aliphatic hydroxyl groups excluding tert-OH is 2. The van der Waals surface area contributed by atoms with E-state index in [4.69, 9.17) is 10.8 Å². The molecule has 3 rings (SSSR count). The minimum Gasteiger partial charge on any atom is -0.394 e. The van der Waals surface area contributed by atoms with Crippen LogP contribution < -0.4 is 5.73 Å². The highest BCUT2D eigenvalue weighted by Crippen LogP contribution is 2.23. The normalized spacial score (nSPS) is 15.7. The fourth-order valence-corrected chi connectivity index (χ4v) is 3.21. The molecular weight excluding hydrogens is 316 g/mol. The van der Waals surface area contributed by atoms with E-state index >= 15 is 0 Å². The number of carbonyl (C=O) groups is 1. The maximum Gasteiger partial charge on any atom is 0.240 e. The summed E-state index contributed by atoms with van der Waals surface area (Å²) in [5.74, 6) is -0.0315. The first-order valence-corrected chi connectivity index (χ1v) is 8.54. The third kappa shape index (κ3) is 4.25. The van der Waals surface area contributed by atoms with Crippen LogP contribution in [0, 0.1) is 0 Å². The monoisotopic (exact) mass is 340 g/mol. The summed E-state index contributed by atoms with van der Waals surface area (Å²) >= 11 is 0. The molecular formula is C20H24N2O3. The topological polar surface area (TPSA) is 86.8 Å². The highest BCUT2D eigenvalue weighted by molar-refractivity contribution is 5.82. The molecule has 2 aromatic rings. The Bertz CT molecular complexity index is 705. The van der Waals surface area contributed by atoms with Crippen molar-refractivity contribution in [1.82, 2.24) is 4.90 Å². The lowest BCUT2D eigenvalue weighted by Crippen LogP contribution is -2.42. The van der Waals surface area contributed by atoms with Gasteiger partial charge in [-0.05, 0) is 28.7 Å². The van der Waals surface area contributed by atoms with Crippen LogP contribution in [0.1, 0.15) is 22.3 Å². The molecule has 1 heterocycles. The third-order valence-corrected chi connectivity index (χ3v) is 4.63. The number of rotatable bonds is 6. The molecule has 0 saturated carbocycles. The van der Waals surface area contributed by atoms with Crippen molar-refractivity contribution < 1.29 is 15.0 Å². The van der Waals surface area contributed by atoms with E-state index in [1.54, 1.807) is 4.90 Å². The van der Waals surface area contributed by atoms with E-state index in [0.29, 0.717) is 25.9 Å². The number of hydrogen-bond donors (Lipinski definition) is 3. The molecule has 1 amide bonds. The van der Waals surface area contributed by atoms with Crippen molar-refractivity contribution in [3.8, 4) is 0 Å². The zero-order valence-corrected chi connectivity index (χ0v) is 14.1. The van der Waals surface area contributed by atoms with Crippen LogP contribution in [0.3, 0.4) is 0 Å². The van der Waals surface area contributed by atoms with Gasteiger partial charge in [-0.25, -0.2) is 0 Å². The van der Waals surface area contributed by atoms with Crippen LogP contribution in [0.15, 0.2) is 48.5 Å². The van der Waals surface area contributed by atoms with Crippen LogP contribution in [0.4, 0.5) is 0 Å². The second kappa shape index (κ2) is 7.78. The lowest BCUT2D eigenvalue weighted by atomic mass is 10.0. The molecule has 0 fully saturated rings. The van der Waals surface area contributed by atoms with Gasteiger partial charge < -0.3 is 20.8 Å². The standard InChI is InChI=1S/C20H24N2O3/c21-19(10-15-7-5-14(6-8-15)9-18(24)13-23)20(25)22-11-16-3-1-2-4-17(16)12-22/h1-8,18-19,23-24H,9-13,21H2/t18?,19-/m1/s1. The number of benzene rings is 2. The Kier molecular flexibility index (Phi) is 5.48. The van der Waals surface area contributed by atoms with E-state index in [9.17, 15) is 9.90 Å². The predicted molar refractivity (Wildman–Crippen MR) is 95.6 cm³/mol. The quantitative estimate of drug-likeness (QED) is 0.732. The second-order valence-electron chi connectivity index (χ2n) is 6.63. The highest BCUT2D eigenvalue weighted by atomic mass is 16.3. The van der Waals surface area contributed by atoms with Crippen molar-refractivity contribution in [3.05, 3.63) is 70.8 Å². The predicted octanol–water partition coefficient (Wildman–Crippen LogP) is 0.994. The van der Waals surface area contributed by atoms with Crippen LogP contribution in [-0.2, 0) is 30.7 Å². The van der Waals surface area contributed by atoms with Gasteiger partial charge in [0.1, 0.15) is 0 Å². The summed E-state index contributed by atoms with van der Waals surface area (Å²) in [4.78, 5) is 14.4. The Balaban J connectivity index is 1.57. The number of nitrogens with two attached hydrogens (primary N) is 1. The number of amides is 1. The van der Waals surface area contributed by atoms with E-state index < -0.39 is 12.1 Å². The summed E-state index contributed by atoms with van der Waals surface area (Å²) < 4.78 is 0. The molecule has 132 valence electrons. The number of carbonyl (C=O) groups excluding carboxylic acids is 1. The first-order valence-electron chi connectivity index (χ1n) is 8.54. The molecule has 5 heteroatoms. The lowest BCUT2D eigenvalue weighted by Gasteiger charge is -2.20. The molecule has 0 radical (unpaired) electrons. The van der Waals surface area contributed by atoms with Crippen LogP contribution in [0.5, 0.6) is 0 Å². The van der Waals surface area contributed by atoms with Gasteiger partial charge in [0.05, 0.1) is 18.8 Å². The molecule has 0 spiro atoms.